The van der Waals surface area contributed by atoms with Crippen LogP contribution in [0.3, 0.4) is 0 Å². The molecular weight excluding hydrogens is 378 g/mol. The van der Waals surface area contributed by atoms with E-state index in [2.05, 4.69) is 45.0 Å². The maximum atomic E-state index is 12.5. The van der Waals surface area contributed by atoms with Crippen LogP contribution in [-0.2, 0) is 17.8 Å². The maximum absolute atomic E-state index is 12.5. The molecule has 1 aromatic carbocycles. The third-order valence-electron chi connectivity index (χ3n) is 4.59. The number of hydrogen-bond acceptors (Lipinski definition) is 5. The molecule has 7 nitrogen and oxygen atoms in total. The van der Waals surface area contributed by atoms with Crippen molar-refractivity contribution in [1.29, 1.82) is 0 Å². The van der Waals surface area contributed by atoms with Crippen LogP contribution in [0.4, 0.5) is 5.69 Å². The molecule has 0 unspecified atom stereocenters. The number of rotatable bonds is 8. The van der Waals surface area contributed by atoms with Crippen LogP contribution in [0.15, 0.2) is 60.9 Å². The Labute approximate surface area is 176 Å². The van der Waals surface area contributed by atoms with E-state index in [1.165, 1.54) is 12.6 Å². The number of nitrogens with zero attached hydrogens (tertiary/aromatic N) is 2. The Morgan fingerprint density at radius 3 is 2.60 bits per heavy atom. The van der Waals surface area contributed by atoms with Gasteiger partial charge in [0.2, 0.25) is 5.91 Å². The molecule has 30 heavy (non-hydrogen) atoms. The SMILES string of the molecule is CCc1cccc(-c2cnc(C(=O)NC)c(NC(=O)CNCc3ccccn3)c2)c1. The standard InChI is InChI=1S/C23H25N5O2/c1-3-16-7-6-8-17(11-16)18-12-20(22(27-13-18)23(30)24-2)28-21(29)15-25-14-19-9-4-5-10-26-19/h4-13,25H,3,14-15H2,1-2H3,(H,24,30)(H,28,29). The Balaban J connectivity index is 1.76. The fraction of sp³-hybridized carbons (Fsp3) is 0.217. The monoisotopic (exact) mass is 403 g/mol. The zero-order valence-corrected chi connectivity index (χ0v) is 17.1. The van der Waals surface area contributed by atoms with Gasteiger partial charge in [0.15, 0.2) is 5.69 Å². The number of anilines is 1. The maximum Gasteiger partial charge on any atom is 0.271 e. The molecule has 0 bridgehead atoms. The van der Waals surface area contributed by atoms with E-state index in [9.17, 15) is 9.59 Å². The number of nitrogens with one attached hydrogen (secondary N) is 3. The lowest BCUT2D eigenvalue weighted by Gasteiger charge is -2.12. The van der Waals surface area contributed by atoms with Crippen LogP contribution in [-0.4, -0.2) is 35.4 Å². The molecule has 0 saturated heterocycles. The van der Waals surface area contributed by atoms with Crippen LogP contribution in [0.5, 0.6) is 0 Å². The molecule has 0 aliphatic carbocycles. The van der Waals surface area contributed by atoms with Crippen molar-refractivity contribution in [2.24, 2.45) is 0 Å². The van der Waals surface area contributed by atoms with Crippen LogP contribution in [0.2, 0.25) is 0 Å². The normalized spacial score (nSPS) is 10.5. The molecule has 0 spiro atoms. The molecule has 0 fully saturated rings. The second-order valence-electron chi connectivity index (χ2n) is 6.73. The molecule has 3 aromatic rings. The largest absolute Gasteiger partial charge is 0.354 e. The van der Waals surface area contributed by atoms with E-state index in [4.69, 9.17) is 0 Å². The zero-order valence-electron chi connectivity index (χ0n) is 17.1. The lowest BCUT2D eigenvalue weighted by molar-refractivity contribution is -0.115. The Morgan fingerprint density at radius 1 is 1.00 bits per heavy atom. The molecule has 3 N–H and O–H groups in total. The van der Waals surface area contributed by atoms with Crippen LogP contribution in [0.25, 0.3) is 11.1 Å². The molecule has 0 saturated carbocycles. The van der Waals surface area contributed by atoms with E-state index in [0.717, 1.165) is 23.2 Å². The highest BCUT2D eigenvalue weighted by atomic mass is 16.2. The fourth-order valence-electron chi connectivity index (χ4n) is 2.99. The molecule has 154 valence electrons. The molecule has 0 aliphatic heterocycles. The summed E-state index contributed by atoms with van der Waals surface area (Å²) in [6.45, 7) is 2.65. The first-order valence-corrected chi connectivity index (χ1v) is 9.82. The third kappa shape index (κ3) is 5.48. The Bertz CT molecular complexity index is 1020. The molecule has 2 heterocycles. The van der Waals surface area contributed by atoms with Crippen molar-refractivity contribution < 1.29 is 9.59 Å². The number of hydrogen-bond donors (Lipinski definition) is 3. The van der Waals surface area contributed by atoms with Gasteiger partial charge in [-0.15, -0.1) is 0 Å². The summed E-state index contributed by atoms with van der Waals surface area (Å²) < 4.78 is 0. The lowest BCUT2D eigenvalue weighted by Crippen LogP contribution is -2.29. The van der Waals surface area contributed by atoms with E-state index in [-0.39, 0.29) is 24.1 Å². The van der Waals surface area contributed by atoms with Gasteiger partial charge in [-0.25, -0.2) is 4.98 Å². The van der Waals surface area contributed by atoms with Gasteiger partial charge in [-0.2, -0.15) is 0 Å². The first kappa shape index (κ1) is 21.1. The Hall–Kier alpha value is -3.58. The summed E-state index contributed by atoms with van der Waals surface area (Å²) in [5, 5.41) is 8.42. The van der Waals surface area contributed by atoms with E-state index >= 15 is 0 Å². The summed E-state index contributed by atoms with van der Waals surface area (Å²) in [7, 11) is 1.53. The van der Waals surface area contributed by atoms with Crippen LogP contribution < -0.4 is 16.0 Å². The van der Waals surface area contributed by atoms with Gasteiger partial charge in [0.05, 0.1) is 17.9 Å². The number of aromatic nitrogens is 2. The number of aryl methyl sites for hydroxylation is 1. The van der Waals surface area contributed by atoms with Gasteiger partial charge in [-0.05, 0) is 35.7 Å². The summed E-state index contributed by atoms with van der Waals surface area (Å²) >= 11 is 0. The van der Waals surface area contributed by atoms with E-state index in [1.54, 1.807) is 18.5 Å². The Morgan fingerprint density at radius 2 is 1.87 bits per heavy atom. The number of pyridine rings is 2. The predicted molar refractivity (Wildman–Crippen MR) is 117 cm³/mol. The van der Waals surface area contributed by atoms with Gasteiger partial charge in [0, 0.05) is 31.5 Å². The molecule has 7 heteroatoms. The summed E-state index contributed by atoms with van der Waals surface area (Å²) in [6, 6.07) is 15.5. The molecule has 0 aliphatic rings. The van der Waals surface area contributed by atoms with Crippen molar-refractivity contribution in [1.82, 2.24) is 20.6 Å². The molecule has 0 radical (unpaired) electrons. The average molecular weight is 403 g/mol. The van der Waals surface area contributed by atoms with Gasteiger partial charge < -0.3 is 16.0 Å². The second-order valence-corrected chi connectivity index (χ2v) is 6.73. The molecule has 2 amide bonds. The first-order valence-electron chi connectivity index (χ1n) is 9.82. The molecular formula is C23H25N5O2. The highest BCUT2D eigenvalue weighted by Crippen LogP contribution is 2.25. The molecule has 0 atom stereocenters. The second kappa shape index (κ2) is 10.3. The zero-order chi connectivity index (χ0) is 21.3. The minimum Gasteiger partial charge on any atom is -0.354 e. The quantitative estimate of drug-likeness (QED) is 0.538. The Kier molecular flexibility index (Phi) is 7.24. The highest BCUT2D eigenvalue weighted by Gasteiger charge is 2.16. The average Bonchev–Trinajstić information content (AvgIpc) is 2.79. The molecule has 3 rings (SSSR count). The summed E-state index contributed by atoms with van der Waals surface area (Å²) in [5.41, 5.74) is 4.40. The van der Waals surface area contributed by atoms with Crippen molar-refractivity contribution in [3.8, 4) is 11.1 Å². The summed E-state index contributed by atoms with van der Waals surface area (Å²) in [6.07, 6.45) is 4.27. The van der Waals surface area contributed by atoms with Crippen LogP contribution in [0.1, 0.15) is 28.7 Å². The molecule has 2 aromatic heterocycles. The number of carbonyl (C=O) groups is 2. The van der Waals surface area contributed by atoms with Crippen molar-refractivity contribution in [3.05, 3.63) is 77.9 Å². The highest BCUT2D eigenvalue weighted by molar-refractivity contribution is 6.03. The van der Waals surface area contributed by atoms with Gasteiger partial charge in [-0.1, -0.05) is 37.3 Å². The fourth-order valence-corrected chi connectivity index (χ4v) is 2.99. The number of carbonyl (C=O) groups excluding carboxylic acids is 2. The minimum atomic E-state index is -0.361. The van der Waals surface area contributed by atoms with E-state index in [1.807, 2.05) is 30.3 Å². The van der Waals surface area contributed by atoms with Crippen molar-refractivity contribution in [2.75, 3.05) is 18.9 Å². The third-order valence-corrected chi connectivity index (χ3v) is 4.59. The van der Waals surface area contributed by atoms with Crippen molar-refractivity contribution >= 4 is 17.5 Å². The van der Waals surface area contributed by atoms with Crippen LogP contribution in [0, 0.1) is 0 Å². The lowest BCUT2D eigenvalue weighted by atomic mass is 10.0. The van der Waals surface area contributed by atoms with Crippen molar-refractivity contribution in [2.45, 2.75) is 19.9 Å². The number of benzene rings is 1. The van der Waals surface area contributed by atoms with Crippen LogP contribution >= 0.6 is 0 Å². The summed E-state index contributed by atoms with van der Waals surface area (Å²) in [4.78, 5) is 33.2. The van der Waals surface area contributed by atoms with Gasteiger partial charge >= 0.3 is 0 Å². The number of amides is 2. The van der Waals surface area contributed by atoms with Gasteiger partial charge in [-0.3, -0.25) is 14.6 Å². The van der Waals surface area contributed by atoms with Crippen molar-refractivity contribution in [3.63, 3.8) is 0 Å². The summed E-state index contributed by atoms with van der Waals surface area (Å²) in [5.74, 6) is -0.627. The first-order chi connectivity index (χ1) is 14.6. The smallest absolute Gasteiger partial charge is 0.271 e. The predicted octanol–water partition coefficient (Wildman–Crippen LogP) is 2.79. The van der Waals surface area contributed by atoms with Gasteiger partial charge in [0.1, 0.15) is 0 Å². The van der Waals surface area contributed by atoms with Gasteiger partial charge in [0.25, 0.3) is 5.91 Å². The topological polar surface area (TPSA) is 96.0 Å². The minimum absolute atomic E-state index is 0.0826. The van der Waals surface area contributed by atoms with E-state index < -0.39 is 0 Å². The van der Waals surface area contributed by atoms with E-state index in [0.29, 0.717) is 12.2 Å².